The highest BCUT2D eigenvalue weighted by Crippen LogP contribution is 2.18. The second-order valence-electron chi connectivity index (χ2n) is 4.84. The van der Waals surface area contributed by atoms with Crippen LogP contribution in [0, 0.1) is 6.92 Å². The molecule has 0 unspecified atom stereocenters. The summed E-state index contributed by atoms with van der Waals surface area (Å²) in [5, 5.41) is 5.97. The number of nitrogens with one attached hydrogen (secondary N) is 2. The Balaban J connectivity index is 1.90. The number of urea groups is 1. The van der Waals surface area contributed by atoms with E-state index in [2.05, 4.69) is 17.6 Å². The van der Waals surface area contributed by atoms with Crippen molar-refractivity contribution in [2.24, 2.45) is 0 Å². The third-order valence-corrected chi connectivity index (χ3v) is 3.48. The Hall–Kier alpha value is -1.51. The molecule has 97 valence electrons. The lowest BCUT2D eigenvalue weighted by Crippen LogP contribution is -2.39. The number of benzene rings is 1. The van der Waals surface area contributed by atoms with Crippen LogP contribution in [-0.2, 0) is 6.42 Å². The van der Waals surface area contributed by atoms with Gasteiger partial charge in [0.05, 0.1) is 0 Å². The Morgan fingerprint density at radius 2 is 1.94 bits per heavy atom. The molecule has 1 aromatic rings. The first-order chi connectivity index (χ1) is 8.79. The van der Waals surface area contributed by atoms with Gasteiger partial charge in [-0.2, -0.15) is 0 Å². The molecule has 2 N–H and O–H groups in total. The molecule has 18 heavy (non-hydrogen) atoms. The second kappa shape index (κ2) is 6.43. The molecule has 3 nitrogen and oxygen atoms in total. The average molecular weight is 245 g/mol. The molecule has 0 aliphatic heterocycles. The van der Waals surface area contributed by atoms with Crippen molar-refractivity contribution >= 4 is 11.7 Å². The molecule has 0 heterocycles. The zero-order valence-electron chi connectivity index (χ0n) is 10.7. The van der Waals surface area contributed by atoms with E-state index in [4.69, 9.17) is 0 Å². The van der Waals surface area contributed by atoms with E-state index in [-0.39, 0.29) is 6.03 Å². The number of hydrogen-bond acceptors (Lipinski definition) is 1. The van der Waals surface area contributed by atoms with Gasteiger partial charge >= 0.3 is 6.03 Å². The van der Waals surface area contributed by atoms with Crippen LogP contribution >= 0.6 is 0 Å². The molecule has 1 fully saturated rings. The van der Waals surface area contributed by atoms with Crippen molar-refractivity contribution in [2.45, 2.75) is 44.6 Å². The lowest BCUT2D eigenvalue weighted by atomic mass is 9.96. The van der Waals surface area contributed by atoms with E-state index < -0.39 is 0 Å². The lowest BCUT2D eigenvalue weighted by Gasteiger charge is -2.23. The van der Waals surface area contributed by atoms with Gasteiger partial charge in [-0.15, -0.1) is 0 Å². The molecule has 1 aromatic carbocycles. The minimum Gasteiger partial charge on any atom is -0.335 e. The maximum atomic E-state index is 11.9. The van der Waals surface area contributed by atoms with Crippen LogP contribution in [-0.4, -0.2) is 12.1 Å². The molecule has 1 radical (unpaired) electrons. The standard InChI is InChI=1S/C15H21N2O/c1-2-12-8-6-7-11-14(12)17-15(18)16-13-9-4-3-5-10-13/h6-8,11,13H,1-5,9-10H2,(H2,16,17,18). The van der Waals surface area contributed by atoms with Crippen molar-refractivity contribution in [2.75, 3.05) is 5.32 Å². The first-order valence-electron chi connectivity index (χ1n) is 6.74. The fourth-order valence-corrected chi connectivity index (χ4v) is 2.45. The summed E-state index contributed by atoms with van der Waals surface area (Å²) in [6.07, 6.45) is 6.62. The van der Waals surface area contributed by atoms with Crippen LogP contribution in [0.5, 0.6) is 0 Å². The predicted octanol–water partition coefficient (Wildman–Crippen LogP) is 3.52. The van der Waals surface area contributed by atoms with Crippen LogP contribution in [0.3, 0.4) is 0 Å². The average Bonchev–Trinajstić information content (AvgIpc) is 2.40. The zero-order valence-corrected chi connectivity index (χ0v) is 10.7. The van der Waals surface area contributed by atoms with Gasteiger partial charge in [0.2, 0.25) is 0 Å². The Kier molecular flexibility index (Phi) is 4.62. The van der Waals surface area contributed by atoms with Crippen LogP contribution in [0.15, 0.2) is 24.3 Å². The van der Waals surface area contributed by atoms with Crippen LogP contribution in [0.4, 0.5) is 10.5 Å². The summed E-state index contributed by atoms with van der Waals surface area (Å²) in [5.41, 5.74) is 1.93. The highest BCUT2D eigenvalue weighted by Gasteiger charge is 2.15. The summed E-state index contributed by atoms with van der Waals surface area (Å²) in [6, 6.07) is 8.04. The number of carbonyl (C=O) groups excluding carboxylic acids is 1. The summed E-state index contributed by atoms with van der Waals surface area (Å²) in [7, 11) is 0. The molecule has 2 rings (SSSR count). The van der Waals surface area contributed by atoms with Crippen molar-refractivity contribution < 1.29 is 4.79 Å². The van der Waals surface area contributed by atoms with Crippen LogP contribution in [0.25, 0.3) is 0 Å². The van der Waals surface area contributed by atoms with E-state index in [0.29, 0.717) is 12.5 Å². The molecule has 0 spiro atoms. The van der Waals surface area contributed by atoms with Gasteiger partial charge in [-0.3, -0.25) is 0 Å². The number of hydrogen-bond donors (Lipinski definition) is 2. The van der Waals surface area contributed by atoms with Gasteiger partial charge in [0.1, 0.15) is 0 Å². The van der Waals surface area contributed by atoms with Crippen LogP contribution < -0.4 is 10.6 Å². The molecule has 0 bridgehead atoms. The van der Waals surface area contributed by atoms with Gasteiger partial charge < -0.3 is 10.6 Å². The van der Waals surface area contributed by atoms with E-state index >= 15 is 0 Å². The lowest BCUT2D eigenvalue weighted by molar-refractivity contribution is 0.244. The largest absolute Gasteiger partial charge is 0.335 e. The van der Waals surface area contributed by atoms with Gasteiger partial charge in [-0.05, 0) is 37.8 Å². The predicted molar refractivity (Wildman–Crippen MR) is 74.5 cm³/mol. The third kappa shape index (κ3) is 3.49. The summed E-state index contributed by atoms with van der Waals surface area (Å²) in [5.74, 6) is 0. The van der Waals surface area contributed by atoms with E-state index in [1.165, 1.54) is 19.3 Å². The van der Waals surface area contributed by atoms with Gasteiger partial charge in [-0.25, -0.2) is 4.79 Å². The minimum atomic E-state index is -0.0946. The summed E-state index contributed by atoms with van der Waals surface area (Å²) in [6.45, 7) is 3.87. The Morgan fingerprint density at radius 1 is 1.22 bits per heavy atom. The Morgan fingerprint density at radius 3 is 2.67 bits per heavy atom. The molecule has 1 saturated carbocycles. The number of rotatable bonds is 3. The maximum absolute atomic E-state index is 11.9. The Bertz CT molecular complexity index is 397. The van der Waals surface area contributed by atoms with Crippen LogP contribution in [0.2, 0.25) is 0 Å². The number of anilines is 1. The van der Waals surface area contributed by atoms with Gasteiger partial charge in [0.15, 0.2) is 0 Å². The third-order valence-electron chi connectivity index (χ3n) is 3.48. The van der Waals surface area contributed by atoms with E-state index in [0.717, 1.165) is 24.1 Å². The number of para-hydroxylation sites is 1. The quantitative estimate of drug-likeness (QED) is 0.840. The zero-order chi connectivity index (χ0) is 12.8. The molecule has 3 heteroatoms. The normalized spacial score (nSPS) is 16.3. The highest BCUT2D eigenvalue weighted by molar-refractivity contribution is 5.90. The van der Waals surface area contributed by atoms with Gasteiger partial charge in [0.25, 0.3) is 0 Å². The van der Waals surface area contributed by atoms with Gasteiger partial charge in [-0.1, -0.05) is 37.5 Å². The van der Waals surface area contributed by atoms with Crippen molar-refractivity contribution in [3.8, 4) is 0 Å². The van der Waals surface area contributed by atoms with Crippen LogP contribution in [0.1, 0.15) is 37.7 Å². The second-order valence-corrected chi connectivity index (χ2v) is 4.84. The smallest absolute Gasteiger partial charge is 0.319 e. The van der Waals surface area contributed by atoms with Crippen molar-refractivity contribution in [3.63, 3.8) is 0 Å². The molecule has 1 aliphatic carbocycles. The summed E-state index contributed by atoms with van der Waals surface area (Å²) >= 11 is 0. The van der Waals surface area contributed by atoms with E-state index in [1.807, 2.05) is 24.3 Å². The minimum absolute atomic E-state index is 0.0946. The first-order valence-corrected chi connectivity index (χ1v) is 6.74. The van der Waals surface area contributed by atoms with Crippen molar-refractivity contribution in [1.82, 2.24) is 5.32 Å². The molecule has 2 amide bonds. The highest BCUT2D eigenvalue weighted by atomic mass is 16.2. The van der Waals surface area contributed by atoms with Crippen molar-refractivity contribution in [3.05, 3.63) is 36.8 Å². The SMILES string of the molecule is [CH2]Cc1ccccc1NC(=O)NC1CCCCC1. The molecule has 1 aliphatic rings. The molecular weight excluding hydrogens is 224 g/mol. The summed E-state index contributed by atoms with van der Waals surface area (Å²) < 4.78 is 0. The van der Waals surface area contributed by atoms with Crippen molar-refractivity contribution in [1.29, 1.82) is 0 Å². The van der Waals surface area contributed by atoms with Gasteiger partial charge in [0, 0.05) is 11.7 Å². The maximum Gasteiger partial charge on any atom is 0.319 e. The van der Waals surface area contributed by atoms with E-state index in [1.54, 1.807) is 0 Å². The monoisotopic (exact) mass is 245 g/mol. The fourth-order valence-electron chi connectivity index (χ4n) is 2.45. The Labute approximate surface area is 109 Å². The fraction of sp³-hybridized carbons (Fsp3) is 0.467. The number of carbonyl (C=O) groups is 1. The van der Waals surface area contributed by atoms with E-state index in [9.17, 15) is 4.79 Å². The topological polar surface area (TPSA) is 41.1 Å². The number of amides is 2. The molecule has 0 saturated heterocycles. The molecule has 0 atom stereocenters. The summed E-state index contributed by atoms with van der Waals surface area (Å²) in [4.78, 5) is 11.9. The molecular formula is C15H21N2O. The first kappa shape index (κ1) is 12.9. The molecule has 0 aromatic heterocycles.